The third-order valence-electron chi connectivity index (χ3n) is 5.12. The number of hydrogen-bond donors (Lipinski definition) is 9. The Morgan fingerprint density at radius 1 is 0.789 bits per heavy atom. The van der Waals surface area contributed by atoms with Gasteiger partial charge < -0.3 is 49.1 Å². The van der Waals surface area contributed by atoms with Crippen LogP contribution >= 0.6 is 11.8 Å². The number of guanidine groups is 1. The number of carbonyl (C=O) groups is 6. The molecule has 16 nitrogen and oxygen atoms in total. The van der Waals surface area contributed by atoms with Gasteiger partial charge in [-0.3, -0.25) is 29.0 Å². The van der Waals surface area contributed by atoms with Crippen LogP contribution < -0.4 is 38.9 Å². The Labute approximate surface area is 224 Å². The smallest absolute Gasteiger partial charge is 0.326 e. The second-order valence-corrected chi connectivity index (χ2v) is 9.28. The summed E-state index contributed by atoms with van der Waals surface area (Å²) in [5.74, 6) is -5.42. The van der Waals surface area contributed by atoms with Crippen molar-refractivity contribution in [3.63, 3.8) is 0 Å². The average molecular weight is 563 g/mol. The van der Waals surface area contributed by atoms with Gasteiger partial charge in [0.15, 0.2) is 5.96 Å². The highest BCUT2D eigenvalue weighted by Gasteiger charge is 2.30. The van der Waals surface area contributed by atoms with Gasteiger partial charge in [0.05, 0.1) is 6.04 Å². The first kappa shape index (κ1) is 34.4. The number of aliphatic carboxylic acids is 2. The molecule has 0 rings (SSSR count). The van der Waals surface area contributed by atoms with Crippen LogP contribution in [0.3, 0.4) is 0 Å². The Kier molecular flexibility index (Phi) is 16.9. The molecule has 0 aromatic rings. The van der Waals surface area contributed by atoms with Crippen LogP contribution in [-0.4, -0.2) is 94.5 Å². The van der Waals surface area contributed by atoms with Gasteiger partial charge in [0, 0.05) is 19.4 Å². The van der Waals surface area contributed by atoms with Gasteiger partial charge in [0.2, 0.25) is 23.6 Å². The molecule has 0 heterocycles. The summed E-state index contributed by atoms with van der Waals surface area (Å²) in [6.45, 7) is 0.0927. The maximum atomic E-state index is 13.1. The van der Waals surface area contributed by atoms with E-state index >= 15 is 0 Å². The quantitative estimate of drug-likeness (QED) is 0.0402. The van der Waals surface area contributed by atoms with Crippen LogP contribution in [0.5, 0.6) is 0 Å². The van der Waals surface area contributed by atoms with Crippen molar-refractivity contribution in [3.8, 4) is 0 Å². The van der Waals surface area contributed by atoms with Crippen LogP contribution in [0.2, 0.25) is 0 Å². The molecule has 0 aliphatic carbocycles. The maximum absolute atomic E-state index is 13.1. The molecule has 0 aliphatic rings. The van der Waals surface area contributed by atoms with Crippen LogP contribution in [0.25, 0.3) is 0 Å². The van der Waals surface area contributed by atoms with Crippen molar-refractivity contribution in [2.45, 2.75) is 69.1 Å². The zero-order chi connectivity index (χ0) is 29.3. The van der Waals surface area contributed by atoms with Gasteiger partial charge >= 0.3 is 11.9 Å². The van der Waals surface area contributed by atoms with Crippen molar-refractivity contribution in [3.05, 3.63) is 0 Å². The summed E-state index contributed by atoms with van der Waals surface area (Å²) in [6, 6.07) is -5.03. The molecule has 4 amide bonds. The molecular formula is C21H38N8O8S. The van der Waals surface area contributed by atoms with Crippen LogP contribution in [0.1, 0.15) is 44.9 Å². The topological polar surface area (TPSA) is 295 Å². The van der Waals surface area contributed by atoms with Crippen LogP contribution in [0.15, 0.2) is 4.99 Å². The van der Waals surface area contributed by atoms with Crippen molar-refractivity contribution in [1.82, 2.24) is 16.0 Å². The second kappa shape index (κ2) is 18.6. The second-order valence-electron chi connectivity index (χ2n) is 8.30. The lowest BCUT2D eigenvalue weighted by atomic mass is 10.1. The number of aliphatic imine (C=N–C) groups is 1. The zero-order valence-corrected chi connectivity index (χ0v) is 22.0. The Hall–Kier alpha value is -3.60. The number of nitrogens with zero attached hydrogens (tertiary/aromatic N) is 1. The fourth-order valence-electron chi connectivity index (χ4n) is 3.05. The summed E-state index contributed by atoms with van der Waals surface area (Å²) in [7, 11) is 0. The van der Waals surface area contributed by atoms with E-state index in [1.807, 2.05) is 6.26 Å². The standard InChI is InChI=1S/C21H38N8O8S/c1-38-10-8-11(22)17(33)27-13(4-6-15(23)30)19(35)28-12(3-2-9-26-21(24)25)18(34)29-14(20(36)37)5-7-16(31)32/h11-14H,2-10,22H2,1H3,(H2,23,30)(H,27,33)(H,28,35)(H,29,34)(H,31,32)(H,36,37)(H4,24,25,26). The number of rotatable bonds is 20. The number of nitrogens with one attached hydrogen (secondary N) is 3. The van der Waals surface area contributed by atoms with Crippen molar-refractivity contribution in [2.75, 3.05) is 18.6 Å². The van der Waals surface area contributed by atoms with E-state index in [2.05, 4.69) is 20.9 Å². The van der Waals surface area contributed by atoms with Gasteiger partial charge in [-0.15, -0.1) is 0 Å². The Morgan fingerprint density at radius 2 is 1.32 bits per heavy atom. The molecule has 0 spiro atoms. The van der Waals surface area contributed by atoms with Gasteiger partial charge in [0.25, 0.3) is 0 Å². The summed E-state index contributed by atoms with van der Waals surface area (Å²) in [5, 5.41) is 25.3. The summed E-state index contributed by atoms with van der Waals surface area (Å²) >= 11 is 1.48. The maximum Gasteiger partial charge on any atom is 0.326 e. The molecular weight excluding hydrogens is 524 g/mol. The molecule has 0 aromatic heterocycles. The van der Waals surface area contributed by atoms with Gasteiger partial charge in [0.1, 0.15) is 18.1 Å². The number of thioether (sulfide) groups is 1. The minimum Gasteiger partial charge on any atom is -0.481 e. The molecule has 13 N–H and O–H groups in total. The minimum absolute atomic E-state index is 0.0383. The highest BCUT2D eigenvalue weighted by atomic mass is 32.2. The van der Waals surface area contributed by atoms with Crippen molar-refractivity contribution in [2.24, 2.45) is 27.9 Å². The van der Waals surface area contributed by atoms with Gasteiger partial charge in [-0.25, -0.2) is 4.79 Å². The van der Waals surface area contributed by atoms with E-state index in [0.717, 1.165) is 0 Å². The number of carboxylic acid groups (broad SMARTS) is 2. The summed E-state index contributed by atoms with van der Waals surface area (Å²) in [5.41, 5.74) is 21.6. The SMILES string of the molecule is CSCCC(N)C(=O)NC(CCC(N)=O)C(=O)NC(CCCN=C(N)N)C(=O)NC(CCC(=O)O)C(=O)O. The lowest BCUT2D eigenvalue weighted by Gasteiger charge is -2.25. The molecule has 4 unspecified atom stereocenters. The number of carboxylic acids is 2. The molecule has 0 saturated heterocycles. The lowest BCUT2D eigenvalue weighted by Crippen LogP contribution is -2.57. The fraction of sp³-hybridized carbons (Fsp3) is 0.667. The van der Waals surface area contributed by atoms with E-state index in [9.17, 15) is 33.9 Å². The first-order valence-corrected chi connectivity index (χ1v) is 13.1. The number of nitrogens with two attached hydrogens (primary N) is 4. The summed E-state index contributed by atoms with van der Waals surface area (Å²) in [6.07, 6.45) is 0.983. The number of carbonyl (C=O) groups excluding carboxylic acids is 4. The first-order chi connectivity index (χ1) is 17.8. The molecule has 0 aliphatic heterocycles. The largest absolute Gasteiger partial charge is 0.481 e. The molecule has 0 bridgehead atoms. The van der Waals surface area contributed by atoms with E-state index in [1.165, 1.54) is 11.8 Å². The molecule has 17 heteroatoms. The van der Waals surface area contributed by atoms with E-state index in [0.29, 0.717) is 12.2 Å². The molecule has 0 aromatic carbocycles. The van der Waals surface area contributed by atoms with Crippen LogP contribution in [-0.2, 0) is 28.8 Å². The van der Waals surface area contributed by atoms with Crippen molar-refractivity contribution < 1.29 is 39.0 Å². The normalized spacial score (nSPS) is 13.7. The number of amides is 4. The summed E-state index contributed by atoms with van der Waals surface area (Å²) in [4.78, 5) is 75.8. The van der Waals surface area contributed by atoms with Gasteiger partial charge in [-0.1, -0.05) is 0 Å². The summed E-state index contributed by atoms with van der Waals surface area (Å²) < 4.78 is 0. The highest BCUT2D eigenvalue weighted by Crippen LogP contribution is 2.06. The zero-order valence-electron chi connectivity index (χ0n) is 21.2. The lowest BCUT2D eigenvalue weighted by molar-refractivity contribution is -0.143. The average Bonchev–Trinajstić information content (AvgIpc) is 2.83. The van der Waals surface area contributed by atoms with E-state index in [4.69, 9.17) is 28.0 Å². The van der Waals surface area contributed by atoms with Crippen molar-refractivity contribution >= 4 is 53.3 Å². The third kappa shape index (κ3) is 15.5. The molecule has 38 heavy (non-hydrogen) atoms. The molecule has 0 radical (unpaired) electrons. The highest BCUT2D eigenvalue weighted by molar-refractivity contribution is 7.98. The molecule has 0 fully saturated rings. The predicted molar refractivity (Wildman–Crippen MR) is 140 cm³/mol. The van der Waals surface area contributed by atoms with E-state index in [1.54, 1.807) is 0 Å². The molecule has 0 saturated carbocycles. The van der Waals surface area contributed by atoms with Gasteiger partial charge in [-0.05, 0) is 44.1 Å². The van der Waals surface area contributed by atoms with Gasteiger partial charge in [-0.2, -0.15) is 11.8 Å². The van der Waals surface area contributed by atoms with Crippen LogP contribution in [0, 0.1) is 0 Å². The number of hydrogen-bond acceptors (Lipinski definition) is 9. The molecule has 216 valence electrons. The Morgan fingerprint density at radius 3 is 1.82 bits per heavy atom. The third-order valence-corrected chi connectivity index (χ3v) is 5.77. The monoisotopic (exact) mass is 562 g/mol. The fourth-order valence-corrected chi connectivity index (χ4v) is 3.54. The Balaban J connectivity index is 5.69. The van der Waals surface area contributed by atoms with E-state index < -0.39 is 72.6 Å². The van der Waals surface area contributed by atoms with Crippen LogP contribution in [0.4, 0.5) is 0 Å². The first-order valence-electron chi connectivity index (χ1n) is 11.7. The molecule has 4 atom stereocenters. The predicted octanol–water partition coefficient (Wildman–Crippen LogP) is -3.21. The minimum atomic E-state index is -1.53. The Bertz CT molecular complexity index is 868. The van der Waals surface area contributed by atoms with Crippen molar-refractivity contribution in [1.29, 1.82) is 0 Å². The number of primary amides is 1. The van der Waals surface area contributed by atoms with E-state index in [-0.39, 0.29) is 38.2 Å².